The number of halogens is 1. The Bertz CT molecular complexity index is 411. The van der Waals surface area contributed by atoms with E-state index in [2.05, 4.69) is 0 Å². The van der Waals surface area contributed by atoms with E-state index >= 15 is 0 Å². The average Bonchev–Trinajstić information content (AvgIpc) is 2.28. The van der Waals surface area contributed by atoms with Crippen molar-refractivity contribution in [3.8, 4) is 5.75 Å². The maximum atomic E-state index is 13.5. The van der Waals surface area contributed by atoms with Gasteiger partial charge < -0.3 is 10.5 Å². The number of hydrogen-bond acceptors (Lipinski definition) is 3. The molecule has 1 aromatic rings. The summed E-state index contributed by atoms with van der Waals surface area (Å²) < 4.78 is 18.3. The molecular formula is C12H17FN2OS. The van der Waals surface area contributed by atoms with Gasteiger partial charge in [0, 0.05) is 6.54 Å². The molecule has 1 unspecified atom stereocenters. The van der Waals surface area contributed by atoms with E-state index in [0.29, 0.717) is 11.5 Å². The summed E-state index contributed by atoms with van der Waals surface area (Å²) in [6.07, 6.45) is 0. The molecule has 0 aliphatic heterocycles. The standard InChI is InChI=1S/C12H17FN2OS/c1-8(12(14)17)15(2)7-9-4-5-11(16-3)10(13)6-9/h4-6,8H,7H2,1-3H3,(H2,14,17). The third-order valence-corrected chi connectivity index (χ3v) is 3.06. The fraction of sp³-hybridized carbons (Fsp3) is 0.417. The van der Waals surface area contributed by atoms with Gasteiger partial charge in [0.1, 0.15) is 0 Å². The smallest absolute Gasteiger partial charge is 0.165 e. The second-order valence-electron chi connectivity index (χ2n) is 3.96. The van der Waals surface area contributed by atoms with Gasteiger partial charge in [-0.05, 0) is 31.7 Å². The van der Waals surface area contributed by atoms with Crippen LogP contribution in [0, 0.1) is 5.82 Å². The van der Waals surface area contributed by atoms with Crippen molar-refractivity contribution in [3.05, 3.63) is 29.6 Å². The maximum Gasteiger partial charge on any atom is 0.165 e. The Morgan fingerprint density at radius 3 is 2.71 bits per heavy atom. The lowest BCUT2D eigenvalue weighted by Gasteiger charge is -2.23. The van der Waals surface area contributed by atoms with Crippen LogP contribution in [-0.2, 0) is 6.54 Å². The molecule has 3 nitrogen and oxygen atoms in total. The summed E-state index contributed by atoms with van der Waals surface area (Å²) in [5.74, 6) is -0.111. The van der Waals surface area contributed by atoms with E-state index in [1.165, 1.54) is 13.2 Å². The molecule has 0 aliphatic carbocycles. The van der Waals surface area contributed by atoms with Gasteiger partial charge in [0.25, 0.3) is 0 Å². The van der Waals surface area contributed by atoms with Gasteiger partial charge in [0.05, 0.1) is 18.1 Å². The van der Waals surface area contributed by atoms with Crippen molar-refractivity contribution in [2.24, 2.45) is 5.73 Å². The quantitative estimate of drug-likeness (QED) is 0.817. The number of hydrogen-bond donors (Lipinski definition) is 1. The van der Waals surface area contributed by atoms with Crippen molar-refractivity contribution in [1.82, 2.24) is 4.90 Å². The zero-order chi connectivity index (χ0) is 13.0. The first-order valence-corrected chi connectivity index (χ1v) is 5.68. The lowest BCUT2D eigenvalue weighted by atomic mass is 10.1. The molecule has 1 atom stereocenters. The molecule has 0 saturated heterocycles. The second kappa shape index (κ2) is 5.93. The van der Waals surface area contributed by atoms with Crippen molar-refractivity contribution in [2.75, 3.05) is 14.2 Å². The largest absolute Gasteiger partial charge is 0.494 e. The van der Waals surface area contributed by atoms with Crippen LogP contribution in [0.15, 0.2) is 18.2 Å². The molecule has 1 aromatic carbocycles. The van der Waals surface area contributed by atoms with E-state index in [1.54, 1.807) is 6.07 Å². The summed E-state index contributed by atoms with van der Waals surface area (Å²) in [6, 6.07) is 4.88. The first-order chi connectivity index (χ1) is 7.95. The number of rotatable bonds is 5. The van der Waals surface area contributed by atoms with Crippen LogP contribution in [0.5, 0.6) is 5.75 Å². The molecule has 0 bridgehead atoms. The number of nitrogens with two attached hydrogens (primary N) is 1. The molecule has 2 N–H and O–H groups in total. The van der Waals surface area contributed by atoms with Crippen molar-refractivity contribution in [3.63, 3.8) is 0 Å². The Hall–Kier alpha value is -1.20. The molecule has 0 fully saturated rings. The zero-order valence-electron chi connectivity index (χ0n) is 10.2. The van der Waals surface area contributed by atoms with Gasteiger partial charge in [-0.15, -0.1) is 0 Å². The van der Waals surface area contributed by atoms with Gasteiger partial charge in [-0.25, -0.2) is 4.39 Å². The number of nitrogens with zero attached hydrogens (tertiary/aromatic N) is 1. The van der Waals surface area contributed by atoms with Crippen LogP contribution < -0.4 is 10.5 Å². The molecule has 0 heterocycles. The van der Waals surface area contributed by atoms with Crippen molar-refractivity contribution in [1.29, 1.82) is 0 Å². The number of thiocarbonyl (C=S) groups is 1. The molecule has 94 valence electrons. The van der Waals surface area contributed by atoms with E-state index in [9.17, 15) is 4.39 Å². The number of methoxy groups -OCH3 is 1. The Labute approximate surface area is 106 Å². The average molecular weight is 256 g/mol. The number of likely N-dealkylation sites (N-methyl/N-ethyl adjacent to an activating group) is 1. The topological polar surface area (TPSA) is 38.5 Å². The van der Waals surface area contributed by atoms with Crippen molar-refractivity contribution < 1.29 is 9.13 Å². The number of benzene rings is 1. The van der Waals surface area contributed by atoms with Gasteiger partial charge in [-0.1, -0.05) is 18.3 Å². The Morgan fingerprint density at radius 1 is 1.59 bits per heavy atom. The first-order valence-electron chi connectivity index (χ1n) is 5.27. The molecule has 1 rings (SSSR count). The van der Waals surface area contributed by atoms with E-state index in [4.69, 9.17) is 22.7 Å². The third-order valence-electron chi connectivity index (χ3n) is 2.72. The second-order valence-corrected chi connectivity index (χ2v) is 4.43. The van der Waals surface area contributed by atoms with E-state index in [1.807, 2.05) is 24.9 Å². The normalized spacial score (nSPS) is 12.5. The van der Waals surface area contributed by atoms with Crippen LogP contribution in [0.2, 0.25) is 0 Å². The Kier molecular flexibility index (Phi) is 4.84. The molecule has 5 heteroatoms. The minimum atomic E-state index is -0.360. The Morgan fingerprint density at radius 2 is 2.24 bits per heavy atom. The SMILES string of the molecule is COc1ccc(CN(C)C(C)C(N)=S)cc1F. The van der Waals surface area contributed by atoms with Crippen LogP contribution in [0.25, 0.3) is 0 Å². The molecule has 17 heavy (non-hydrogen) atoms. The molecule has 0 aliphatic rings. The summed E-state index contributed by atoms with van der Waals surface area (Å²) in [4.78, 5) is 2.39. The van der Waals surface area contributed by atoms with Gasteiger partial charge in [0.2, 0.25) is 0 Å². The predicted molar refractivity (Wildman–Crippen MR) is 70.7 cm³/mol. The summed E-state index contributed by atoms with van der Waals surface area (Å²) in [5, 5.41) is 0. The lowest BCUT2D eigenvalue weighted by Crippen LogP contribution is -2.38. The van der Waals surface area contributed by atoms with E-state index < -0.39 is 0 Å². The summed E-state index contributed by atoms with van der Waals surface area (Å²) >= 11 is 4.92. The fourth-order valence-corrected chi connectivity index (χ4v) is 1.63. The highest BCUT2D eigenvalue weighted by Gasteiger charge is 2.13. The lowest BCUT2D eigenvalue weighted by molar-refractivity contribution is 0.303. The van der Waals surface area contributed by atoms with E-state index in [-0.39, 0.29) is 17.6 Å². The zero-order valence-corrected chi connectivity index (χ0v) is 11.1. The first kappa shape index (κ1) is 13.9. The van der Waals surface area contributed by atoms with Gasteiger partial charge in [-0.2, -0.15) is 0 Å². The monoisotopic (exact) mass is 256 g/mol. The van der Waals surface area contributed by atoms with Crippen LogP contribution in [-0.4, -0.2) is 30.1 Å². The summed E-state index contributed by atoms with van der Waals surface area (Å²) in [6.45, 7) is 2.50. The Balaban J connectivity index is 2.75. The van der Waals surface area contributed by atoms with Crippen LogP contribution in [0.4, 0.5) is 4.39 Å². The highest BCUT2D eigenvalue weighted by Crippen LogP contribution is 2.18. The van der Waals surface area contributed by atoms with Crippen molar-refractivity contribution in [2.45, 2.75) is 19.5 Å². The van der Waals surface area contributed by atoms with E-state index in [0.717, 1.165) is 5.56 Å². The van der Waals surface area contributed by atoms with Gasteiger partial charge >= 0.3 is 0 Å². The third kappa shape index (κ3) is 3.64. The summed E-state index contributed by atoms with van der Waals surface area (Å²) in [7, 11) is 3.34. The molecular weight excluding hydrogens is 239 g/mol. The highest BCUT2D eigenvalue weighted by atomic mass is 32.1. The van der Waals surface area contributed by atoms with Crippen LogP contribution >= 0.6 is 12.2 Å². The molecule has 0 radical (unpaired) electrons. The fourth-order valence-electron chi connectivity index (χ4n) is 1.45. The minimum Gasteiger partial charge on any atom is -0.494 e. The molecule has 0 aromatic heterocycles. The maximum absolute atomic E-state index is 13.5. The van der Waals surface area contributed by atoms with Crippen molar-refractivity contribution >= 4 is 17.2 Å². The van der Waals surface area contributed by atoms with Crippen LogP contribution in [0.1, 0.15) is 12.5 Å². The van der Waals surface area contributed by atoms with Gasteiger partial charge in [0.15, 0.2) is 11.6 Å². The highest BCUT2D eigenvalue weighted by molar-refractivity contribution is 7.80. The van der Waals surface area contributed by atoms with Crippen LogP contribution in [0.3, 0.4) is 0 Å². The molecule has 0 saturated carbocycles. The van der Waals surface area contributed by atoms with Gasteiger partial charge in [-0.3, -0.25) is 4.90 Å². The molecule has 0 spiro atoms. The molecule has 0 amide bonds. The minimum absolute atomic E-state index is 0.0184. The predicted octanol–water partition coefficient (Wildman–Crippen LogP) is 1.94. The number of ether oxygens (including phenoxy) is 1. The summed E-state index contributed by atoms with van der Waals surface area (Å²) in [5.41, 5.74) is 6.42.